The first-order valence-corrected chi connectivity index (χ1v) is 8.77. The fourth-order valence-corrected chi connectivity index (χ4v) is 4.19. The minimum absolute atomic E-state index is 0.0732. The molecule has 0 unspecified atom stereocenters. The van der Waals surface area contributed by atoms with Gasteiger partial charge in [0.1, 0.15) is 22.1 Å². The molecule has 0 aliphatic heterocycles. The van der Waals surface area contributed by atoms with Crippen LogP contribution in [0.1, 0.15) is 5.56 Å². The Morgan fingerprint density at radius 1 is 0.913 bits per heavy atom. The molecule has 9 heteroatoms. The quantitative estimate of drug-likeness (QED) is 0.557. The highest BCUT2D eigenvalue weighted by atomic mass is 79.9. The Balaban J connectivity index is 1.99. The summed E-state index contributed by atoms with van der Waals surface area (Å²) >= 11 is 5.71. The van der Waals surface area contributed by atoms with E-state index in [0.717, 1.165) is 50.1 Å². The zero-order valence-corrected chi connectivity index (χ0v) is 14.6. The van der Waals surface area contributed by atoms with Crippen molar-refractivity contribution in [1.82, 2.24) is 17.5 Å². The van der Waals surface area contributed by atoms with Gasteiger partial charge >= 0.3 is 5.97 Å². The molecule has 114 valence electrons. The Hall–Kier alpha value is -1.97. The second kappa shape index (κ2) is 5.59. The van der Waals surface area contributed by atoms with E-state index in [4.69, 9.17) is 5.11 Å². The molecule has 0 aliphatic carbocycles. The van der Waals surface area contributed by atoms with Crippen LogP contribution in [-0.4, -0.2) is 28.6 Å². The lowest BCUT2D eigenvalue weighted by molar-refractivity contribution is -0.136. The van der Waals surface area contributed by atoms with Crippen molar-refractivity contribution in [3.05, 3.63) is 34.3 Å². The molecular weight excluding hydrogens is 400 g/mol. The Morgan fingerprint density at radius 3 is 2.17 bits per heavy atom. The summed E-state index contributed by atoms with van der Waals surface area (Å²) in [7, 11) is 0. The van der Waals surface area contributed by atoms with Crippen molar-refractivity contribution in [2.75, 3.05) is 0 Å². The second-order valence-electron chi connectivity index (χ2n) is 4.86. The van der Waals surface area contributed by atoms with Gasteiger partial charge in [-0.15, -0.1) is 0 Å². The SMILES string of the molecule is O=C(O)Cc1ccc(-c2ccc(Br)c3nsnc23)c2nsnc12. The van der Waals surface area contributed by atoms with Gasteiger partial charge in [-0.25, -0.2) is 0 Å². The molecule has 2 heterocycles. The third-order valence-corrected chi connectivity index (χ3v) is 5.19. The van der Waals surface area contributed by atoms with Gasteiger partial charge in [0.05, 0.1) is 29.9 Å². The molecule has 0 aliphatic rings. The van der Waals surface area contributed by atoms with E-state index in [1.165, 1.54) is 0 Å². The van der Waals surface area contributed by atoms with E-state index in [9.17, 15) is 4.79 Å². The monoisotopic (exact) mass is 406 g/mol. The van der Waals surface area contributed by atoms with Crippen LogP contribution < -0.4 is 0 Å². The maximum Gasteiger partial charge on any atom is 0.307 e. The van der Waals surface area contributed by atoms with Crippen molar-refractivity contribution >= 4 is 67.4 Å². The summed E-state index contributed by atoms with van der Waals surface area (Å²) in [6.07, 6.45) is -0.0732. The summed E-state index contributed by atoms with van der Waals surface area (Å²) in [6, 6.07) is 7.56. The molecule has 2 aromatic carbocycles. The maximum atomic E-state index is 11.0. The van der Waals surface area contributed by atoms with Gasteiger partial charge in [-0.2, -0.15) is 17.5 Å². The largest absolute Gasteiger partial charge is 0.481 e. The molecule has 6 nitrogen and oxygen atoms in total. The topological polar surface area (TPSA) is 88.9 Å². The van der Waals surface area contributed by atoms with E-state index in [1.807, 2.05) is 18.2 Å². The molecule has 0 saturated carbocycles. The van der Waals surface area contributed by atoms with E-state index in [1.54, 1.807) is 6.07 Å². The van der Waals surface area contributed by atoms with Gasteiger partial charge in [-0.1, -0.05) is 18.2 Å². The molecule has 4 aromatic rings. The highest BCUT2D eigenvalue weighted by molar-refractivity contribution is 9.10. The van der Waals surface area contributed by atoms with Crippen LogP contribution in [0.5, 0.6) is 0 Å². The van der Waals surface area contributed by atoms with Gasteiger partial charge in [0.2, 0.25) is 0 Å². The van der Waals surface area contributed by atoms with E-state index in [0.29, 0.717) is 16.6 Å². The van der Waals surface area contributed by atoms with Crippen molar-refractivity contribution in [3.63, 3.8) is 0 Å². The van der Waals surface area contributed by atoms with Gasteiger partial charge in [-0.3, -0.25) is 4.79 Å². The third-order valence-electron chi connectivity index (χ3n) is 3.50. The number of aliphatic carboxylic acids is 1. The van der Waals surface area contributed by atoms with Crippen LogP contribution in [0.3, 0.4) is 0 Å². The van der Waals surface area contributed by atoms with E-state index in [-0.39, 0.29) is 6.42 Å². The number of carboxylic acid groups (broad SMARTS) is 1. The smallest absolute Gasteiger partial charge is 0.307 e. The maximum absolute atomic E-state index is 11.0. The molecule has 0 saturated heterocycles. The van der Waals surface area contributed by atoms with E-state index < -0.39 is 5.97 Å². The second-order valence-corrected chi connectivity index (χ2v) is 6.77. The fourth-order valence-electron chi connectivity index (χ4n) is 2.49. The minimum atomic E-state index is -0.887. The van der Waals surface area contributed by atoms with Crippen LogP contribution in [0.15, 0.2) is 28.7 Å². The predicted molar refractivity (Wildman–Crippen MR) is 92.9 cm³/mol. The Bertz CT molecular complexity index is 1060. The van der Waals surface area contributed by atoms with Gasteiger partial charge < -0.3 is 5.11 Å². The van der Waals surface area contributed by atoms with Crippen LogP contribution in [0.2, 0.25) is 0 Å². The number of benzene rings is 2. The Kier molecular flexibility index (Phi) is 3.55. The molecule has 0 atom stereocenters. The molecule has 0 spiro atoms. The highest BCUT2D eigenvalue weighted by Crippen LogP contribution is 2.36. The fraction of sp³-hybridized carbons (Fsp3) is 0.0714. The zero-order valence-electron chi connectivity index (χ0n) is 11.4. The van der Waals surface area contributed by atoms with Crippen molar-refractivity contribution < 1.29 is 9.90 Å². The van der Waals surface area contributed by atoms with Gasteiger partial charge in [0.25, 0.3) is 0 Å². The zero-order chi connectivity index (χ0) is 16.0. The molecule has 0 fully saturated rings. The first-order valence-electron chi connectivity index (χ1n) is 6.52. The Morgan fingerprint density at radius 2 is 1.48 bits per heavy atom. The first kappa shape index (κ1) is 14.6. The summed E-state index contributed by atoms with van der Waals surface area (Å²) < 4.78 is 18.2. The molecular formula is C14H7BrN4O2S2. The number of carboxylic acids is 1. The molecule has 0 radical (unpaired) electrons. The normalized spacial score (nSPS) is 11.3. The predicted octanol–water partition coefficient (Wildman–Crippen LogP) is 3.75. The van der Waals surface area contributed by atoms with E-state index >= 15 is 0 Å². The summed E-state index contributed by atoms with van der Waals surface area (Å²) in [4.78, 5) is 11.0. The molecule has 4 rings (SSSR count). The minimum Gasteiger partial charge on any atom is -0.481 e. The number of aromatic nitrogens is 4. The number of nitrogens with zero attached hydrogens (tertiary/aromatic N) is 4. The van der Waals surface area contributed by atoms with Crippen LogP contribution in [0.4, 0.5) is 0 Å². The van der Waals surface area contributed by atoms with Crippen LogP contribution in [0.25, 0.3) is 33.2 Å². The third kappa shape index (κ3) is 2.41. The van der Waals surface area contributed by atoms with Crippen LogP contribution >= 0.6 is 39.4 Å². The van der Waals surface area contributed by atoms with E-state index in [2.05, 4.69) is 33.4 Å². The standard InChI is InChI=1S/C14H7BrN4O2S2/c15-9-4-3-8(13-14(9)19-23-18-13)7-2-1-6(5-10(20)21)11-12(7)17-22-16-11/h1-4H,5H2,(H,20,21). The number of hydrogen-bond donors (Lipinski definition) is 1. The van der Waals surface area contributed by atoms with Gasteiger partial charge in [0.15, 0.2) is 0 Å². The van der Waals surface area contributed by atoms with Crippen molar-refractivity contribution in [1.29, 1.82) is 0 Å². The average molecular weight is 407 g/mol. The molecule has 0 bridgehead atoms. The molecule has 2 aromatic heterocycles. The number of rotatable bonds is 3. The number of halogens is 1. The number of carbonyl (C=O) groups is 1. The molecule has 0 amide bonds. The summed E-state index contributed by atoms with van der Waals surface area (Å²) in [6.45, 7) is 0. The van der Waals surface area contributed by atoms with Crippen molar-refractivity contribution in [2.24, 2.45) is 0 Å². The summed E-state index contributed by atoms with van der Waals surface area (Å²) in [5.41, 5.74) is 5.39. The average Bonchev–Trinajstić information content (AvgIpc) is 3.17. The Labute approximate surface area is 146 Å². The van der Waals surface area contributed by atoms with Crippen molar-refractivity contribution in [2.45, 2.75) is 6.42 Å². The highest BCUT2D eigenvalue weighted by Gasteiger charge is 2.17. The lowest BCUT2D eigenvalue weighted by Crippen LogP contribution is -2.01. The lowest BCUT2D eigenvalue weighted by Gasteiger charge is -2.06. The summed E-state index contributed by atoms with van der Waals surface area (Å²) in [5, 5.41) is 9.03. The first-order chi connectivity index (χ1) is 11.1. The van der Waals surface area contributed by atoms with Crippen LogP contribution in [-0.2, 0) is 11.2 Å². The van der Waals surface area contributed by atoms with Crippen molar-refractivity contribution in [3.8, 4) is 11.1 Å². The lowest BCUT2D eigenvalue weighted by atomic mass is 9.99. The molecule has 1 N–H and O–H groups in total. The summed E-state index contributed by atoms with van der Waals surface area (Å²) in [5.74, 6) is -0.887. The van der Waals surface area contributed by atoms with Gasteiger partial charge in [-0.05, 0) is 27.6 Å². The molecule has 23 heavy (non-hydrogen) atoms. The number of hydrogen-bond acceptors (Lipinski definition) is 7. The number of fused-ring (bicyclic) bond motifs is 2. The van der Waals surface area contributed by atoms with Gasteiger partial charge in [0, 0.05) is 15.6 Å². The van der Waals surface area contributed by atoms with Crippen LogP contribution in [0, 0.1) is 0 Å².